The Morgan fingerprint density at radius 1 is 1.25 bits per heavy atom. The van der Waals surface area contributed by atoms with Crippen LogP contribution in [0.15, 0.2) is 24.3 Å². The molecule has 0 unspecified atom stereocenters. The number of hydrogen-bond acceptors (Lipinski definition) is 2. The summed E-state index contributed by atoms with van der Waals surface area (Å²) in [5.74, 6) is -0.432. The Balaban J connectivity index is 2.43. The van der Waals surface area contributed by atoms with Gasteiger partial charge in [-0.25, -0.2) is 9.82 Å². The molecule has 0 fully saturated rings. The van der Waals surface area contributed by atoms with Crippen molar-refractivity contribution in [3.63, 3.8) is 0 Å². The van der Waals surface area contributed by atoms with Crippen LogP contribution in [0.5, 0.6) is 0 Å². The van der Waals surface area contributed by atoms with E-state index in [4.69, 9.17) is 0 Å². The molecule has 0 aliphatic carbocycles. The Hall–Kier alpha value is -1.42. The average molecular weight is 224 g/mol. The molecule has 1 aromatic rings. The Bertz CT molecular complexity index is 354. The highest BCUT2D eigenvalue weighted by Gasteiger charge is 2.10. The van der Waals surface area contributed by atoms with Crippen molar-refractivity contribution in [2.75, 3.05) is 0 Å². The first-order valence-electron chi connectivity index (χ1n) is 5.17. The molecule has 0 aliphatic rings. The molecule has 0 saturated heterocycles. The number of amides is 1. The number of rotatable bonds is 3. The average Bonchev–Trinajstić information content (AvgIpc) is 2.18. The van der Waals surface area contributed by atoms with Crippen molar-refractivity contribution < 1.29 is 9.18 Å². The minimum Gasteiger partial charge on any atom is -0.291 e. The molecule has 1 amide bonds. The van der Waals surface area contributed by atoms with Gasteiger partial charge in [0.25, 0.3) is 0 Å². The summed E-state index contributed by atoms with van der Waals surface area (Å²) < 4.78 is 12.6. The fraction of sp³-hybridized carbons (Fsp3) is 0.417. The number of halogens is 1. The summed E-state index contributed by atoms with van der Waals surface area (Å²) in [6.07, 6.45) is 0.239. The summed E-state index contributed by atoms with van der Waals surface area (Å²) in [4.78, 5) is 11.5. The van der Waals surface area contributed by atoms with Crippen LogP contribution < -0.4 is 10.9 Å². The third kappa shape index (κ3) is 4.89. The molecule has 0 radical (unpaired) electrons. The lowest BCUT2D eigenvalue weighted by Crippen LogP contribution is -2.49. The Morgan fingerprint density at radius 3 is 2.31 bits per heavy atom. The summed E-state index contributed by atoms with van der Waals surface area (Å²) in [7, 11) is 0. The quantitative estimate of drug-likeness (QED) is 0.768. The van der Waals surface area contributed by atoms with Crippen molar-refractivity contribution in [2.45, 2.75) is 32.7 Å². The summed E-state index contributed by atoms with van der Waals surface area (Å²) in [6, 6.07) is 5.90. The molecule has 1 rings (SSSR count). The van der Waals surface area contributed by atoms with Gasteiger partial charge in [0.15, 0.2) is 0 Å². The second-order valence-electron chi connectivity index (χ2n) is 4.73. The first-order valence-corrected chi connectivity index (χ1v) is 5.17. The topological polar surface area (TPSA) is 41.1 Å². The molecule has 0 spiro atoms. The van der Waals surface area contributed by atoms with Crippen LogP contribution in [-0.4, -0.2) is 11.4 Å². The van der Waals surface area contributed by atoms with Crippen LogP contribution in [0.3, 0.4) is 0 Å². The SMILES string of the molecule is CC(C)(C)NNC(=O)Cc1ccc(F)cc1. The smallest absolute Gasteiger partial charge is 0.238 e. The fourth-order valence-electron chi connectivity index (χ4n) is 1.09. The molecule has 0 atom stereocenters. The first-order chi connectivity index (χ1) is 7.37. The fourth-order valence-corrected chi connectivity index (χ4v) is 1.09. The number of benzene rings is 1. The zero-order valence-corrected chi connectivity index (χ0v) is 9.80. The molecule has 0 heterocycles. The van der Waals surface area contributed by atoms with Gasteiger partial charge in [-0.1, -0.05) is 12.1 Å². The number of carbonyl (C=O) groups is 1. The van der Waals surface area contributed by atoms with Crippen molar-refractivity contribution in [1.29, 1.82) is 0 Å². The van der Waals surface area contributed by atoms with Gasteiger partial charge in [-0.15, -0.1) is 0 Å². The van der Waals surface area contributed by atoms with E-state index in [1.54, 1.807) is 12.1 Å². The van der Waals surface area contributed by atoms with Crippen LogP contribution in [0.4, 0.5) is 4.39 Å². The molecule has 0 saturated carbocycles. The van der Waals surface area contributed by atoms with E-state index in [2.05, 4.69) is 10.9 Å². The third-order valence-electron chi connectivity index (χ3n) is 1.85. The normalized spacial score (nSPS) is 11.2. The number of hydrazine groups is 1. The molecule has 4 heteroatoms. The molecular formula is C12H17FN2O. The summed E-state index contributed by atoms with van der Waals surface area (Å²) in [5.41, 5.74) is 6.10. The largest absolute Gasteiger partial charge is 0.291 e. The van der Waals surface area contributed by atoms with Crippen molar-refractivity contribution >= 4 is 5.91 Å². The van der Waals surface area contributed by atoms with Crippen LogP contribution in [0, 0.1) is 5.82 Å². The lowest BCUT2D eigenvalue weighted by molar-refractivity contribution is -0.121. The molecule has 0 bridgehead atoms. The third-order valence-corrected chi connectivity index (χ3v) is 1.85. The minimum absolute atomic E-state index is 0.137. The van der Waals surface area contributed by atoms with Gasteiger partial charge in [0.2, 0.25) is 5.91 Å². The highest BCUT2D eigenvalue weighted by molar-refractivity contribution is 5.78. The van der Waals surface area contributed by atoms with Gasteiger partial charge in [-0.2, -0.15) is 0 Å². The lowest BCUT2D eigenvalue weighted by atomic mass is 10.1. The Labute approximate surface area is 95.0 Å². The van der Waals surface area contributed by atoms with Crippen molar-refractivity contribution in [2.24, 2.45) is 0 Å². The first kappa shape index (κ1) is 12.6. The lowest BCUT2D eigenvalue weighted by Gasteiger charge is -2.20. The van der Waals surface area contributed by atoms with E-state index in [0.29, 0.717) is 0 Å². The second kappa shape index (κ2) is 5.07. The molecule has 0 aromatic heterocycles. The molecule has 88 valence electrons. The Kier molecular flexibility index (Phi) is 4.01. The van der Waals surface area contributed by atoms with Gasteiger partial charge < -0.3 is 0 Å². The molecule has 3 nitrogen and oxygen atoms in total. The maximum absolute atomic E-state index is 12.6. The van der Waals surface area contributed by atoms with Crippen LogP contribution in [0.1, 0.15) is 26.3 Å². The molecule has 16 heavy (non-hydrogen) atoms. The van der Waals surface area contributed by atoms with E-state index in [1.807, 2.05) is 20.8 Å². The predicted molar refractivity (Wildman–Crippen MR) is 61.1 cm³/mol. The van der Waals surface area contributed by atoms with E-state index in [0.717, 1.165) is 5.56 Å². The predicted octanol–water partition coefficient (Wildman–Crippen LogP) is 1.79. The van der Waals surface area contributed by atoms with Crippen molar-refractivity contribution in [1.82, 2.24) is 10.9 Å². The van der Waals surface area contributed by atoms with E-state index < -0.39 is 0 Å². The zero-order chi connectivity index (χ0) is 12.2. The van der Waals surface area contributed by atoms with Gasteiger partial charge in [-0.05, 0) is 38.5 Å². The van der Waals surface area contributed by atoms with Crippen LogP contribution in [0.25, 0.3) is 0 Å². The van der Waals surface area contributed by atoms with Crippen molar-refractivity contribution in [3.05, 3.63) is 35.6 Å². The maximum Gasteiger partial charge on any atom is 0.238 e. The van der Waals surface area contributed by atoms with Gasteiger partial charge >= 0.3 is 0 Å². The second-order valence-corrected chi connectivity index (χ2v) is 4.73. The van der Waals surface area contributed by atoms with E-state index in [9.17, 15) is 9.18 Å². The summed E-state index contributed by atoms with van der Waals surface area (Å²) >= 11 is 0. The highest BCUT2D eigenvalue weighted by Crippen LogP contribution is 2.03. The Morgan fingerprint density at radius 2 is 1.81 bits per heavy atom. The maximum atomic E-state index is 12.6. The number of hydrogen-bond donors (Lipinski definition) is 2. The summed E-state index contributed by atoms with van der Waals surface area (Å²) in [5, 5.41) is 0. The van der Waals surface area contributed by atoms with Gasteiger partial charge in [0.1, 0.15) is 5.82 Å². The van der Waals surface area contributed by atoms with Gasteiger partial charge in [-0.3, -0.25) is 10.2 Å². The van der Waals surface area contributed by atoms with E-state index in [-0.39, 0.29) is 23.7 Å². The van der Waals surface area contributed by atoms with E-state index in [1.165, 1.54) is 12.1 Å². The number of carbonyl (C=O) groups excluding carboxylic acids is 1. The molecule has 2 N–H and O–H groups in total. The zero-order valence-electron chi connectivity index (χ0n) is 9.80. The van der Waals surface area contributed by atoms with Crippen LogP contribution in [0.2, 0.25) is 0 Å². The molecule has 0 aliphatic heterocycles. The monoisotopic (exact) mass is 224 g/mol. The van der Waals surface area contributed by atoms with Gasteiger partial charge in [0.05, 0.1) is 6.42 Å². The van der Waals surface area contributed by atoms with Gasteiger partial charge in [0, 0.05) is 5.54 Å². The minimum atomic E-state index is -0.294. The molecule has 1 aromatic carbocycles. The van der Waals surface area contributed by atoms with Crippen molar-refractivity contribution in [3.8, 4) is 0 Å². The van der Waals surface area contributed by atoms with Crippen LogP contribution >= 0.6 is 0 Å². The molecular weight excluding hydrogens is 207 g/mol. The highest BCUT2D eigenvalue weighted by atomic mass is 19.1. The van der Waals surface area contributed by atoms with E-state index >= 15 is 0 Å². The summed E-state index contributed by atoms with van der Waals surface area (Å²) in [6.45, 7) is 5.85. The number of nitrogens with one attached hydrogen (secondary N) is 2. The van der Waals surface area contributed by atoms with Crippen LogP contribution in [-0.2, 0) is 11.2 Å². The standard InChI is InChI=1S/C12H17FN2O/c1-12(2,3)15-14-11(16)8-9-4-6-10(13)7-5-9/h4-7,15H,8H2,1-3H3,(H,14,16).